The van der Waals surface area contributed by atoms with E-state index in [1.165, 1.54) is 0 Å². The number of carbonyl (C=O) groups is 1. The number of hydrogen-bond donors (Lipinski definition) is 0. The highest BCUT2D eigenvalue weighted by atomic mass is 16.3. The van der Waals surface area contributed by atoms with Gasteiger partial charge in [-0.15, -0.1) is 0 Å². The fraction of sp³-hybridized carbons (Fsp3) is 0.350. The molecule has 1 fully saturated rings. The minimum Gasteiger partial charge on any atom is -0.469 e. The van der Waals surface area contributed by atoms with Crippen molar-refractivity contribution in [1.29, 1.82) is 0 Å². The molecule has 0 N–H and O–H groups in total. The van der Waals surface area contributed by atoms with Crippen LogP contribution in [0.15, 0.2) is 47.5 Å². The summed E-state index contributed by atoms with van der Waals surface area (Å²) in [6.45, 7) is 3.18. The number of aromatic nitrogens is 4. The van der Waals surface area contributed by atoms with E-state index in [0.717, 1.165) is 43.6 Å². The molecule has 0 spiro atoms. The molecular weight excluding hydrogens is 356 g/mol. The normalized spacial score (nSPS) is 19.6. The van der Waals surface area contributed by atoms with Crippen molar-refractivity contribution in [2.24, 2.45) is 0 Å². The van der Waals surface area contributed by atoms with Gasteiger partial charge < -0.3 is 14.2 Å². The second-order valence-electron chi connectivity index (χ2n) is 7.10. The summed E-state index contributed by atoms with van der Waals surface area (Å²) in [4.78, 5) is 34.7. The molecule has 5 rings (SSSR count). The second kappa shape index (κ2) is 7.03. The molecular formula is C20H20N6O2. The predicted octanol–water partition coefficient (Wildman–Crippen LogP) is 2.10. The maximum atomic E-state index is 12.5. The standard InChI is InChI=1S/C20H20N6O2/c27-17-12-14(18-3-1-10-28-18)11-16-15(17)13-23-20(24-16)26-8-6-25(7-9-26)19-21-4-2-5-22-19/h1-5,10,13-14H,6-9,11-12H2/t14-/m0/s1. The van der Waals surface area contributed by atoms with Crippen LogP contribution in [0, 0.1) is 0 Å². The molecule has 0 saturated carbocycles. The number of anilines is 2. The van der Waals surface area contributed by atoms with Crippen LogP contribution < -0.4 is 9.80 Å². The number of fused-ring (bicyclic) bond motifs is 1. The summed E-state index contributed by atoms with van der Waals surface area (Å²) in [5.41, 5.74) is 1.46. The van der Waals surface area contributed by atoms with Gasteiger partial charge in [0.2, 0.25) is 11.9 Å². The van der Waals surface area contributed by atoms with Crippen LogP contribution in [0.1, 0.15) is 34.2 Å². The third-order valence-electron chi connectivity index (χ3n) is 5.37. The van der Waals surface area contributed by atoms with Gasteiger partial charge in [-0.25, -0.2) is 19.9 Å². The van der Waals surface area contributed by atoms with Crippen LogP contribution in [-0.4, -0.2) is 51.9 Å². The van der Waals surface area contributed by atoms with Gasteiger partial charge in [0.15, 0.2) is 5.78 Å². The average Bonchev–Trinajstić information content (AvgIpc) is 3.29. The van der Waals surface area contributed by atoms with Crippen molar-refractivity contribution < 1.29 is 9.21 Å². The van der Waals surface area contributed by atoms with Gasteiger partial charge in [-0.2, -0.15) is 0 Å². The lowest BCUT2D eigenvalue weighted by Gasteiger charge is -2.35. The monoisotopic (exact) mass is 376 g/mol. The molecule has 3 aromatic rings. The number of nitrogens with zero attached hydrogens (tertiary/aromatic N) is 6. The van der Waals surface area contributed by atoms with Crippen LogP contribution in [0.3, 0.4) is 0 Å². The Balaban J connectivity index is 1.33. The maximum absolute atomic E-state index is 12.5. The first-order valence-corrected chi connectivity index (χ1v) is 9.47. The highest BCUT2D eigenvalue weighted by Gasteiger charge is 2.30. The largest absolute Gasteiger partial charge is 0.469 e. The lowest BCUT2D eigenvalue weighted by Crippen LogP contribution is -2.47. The molecule has 1 aliphatic carbocycles. The van der Waals surface area contributed by atoms with Crippen LogP contribution >= 0.6 is 0 Å². The Labute approximate surface area is 162 Å². The van der Waals surface area contributed by atoms with E-state index in [2.05, 4.69) is 24.8 Å². The molecule has 0 aromatic carbocycles. The van der Waals surface area contributed by atoms with Gasteiger partial charge in [0.05, 0.1) is 17.5 Å². The lowest BCUT2D eigenvalue weighted by molar-refractivity contribution is 0.0958. The highest BCUT2D eigenvalue weighted by molar-refractivity contribution is 5.98. The number of rotatable bonds is 3. The van der Waals surface area contributed by atoms with Crippen LogP contribution in [-0.2, 0) is 6.42 Å². The summed E-state index contributed by atoms with van der Waals surface area (Å²) >= 11 is 0. The van der Waals surface area contributed by atoms with Crippen molar-refractivity contribution in [2.45, 2.75) is 18.8 Å². The number of furan rings is 1. The van der Waals surface area contributed by atoms with Gasteiger partial charge in [0.25, 0.3) is 0 Å². The topological polar surface area (TPSA) is 88.3 Å². The summed E-state index contributed by atoms with van der Waals surface area (Å²) in [6.07, 6.45) is 7.99. The Kier molecular flexibility index (Phi) is 4.23. The van der Waals surface area contributed by atoms with E-state index >= 15 is 0 Å². The molecule has 0 unspecified atom stereocenters. The summed E-state index contributed by atoms with van der Waals surface area (Å²) in [5.74, 6) is 2.40. The zero-order chi connectivity index (χ0) is 18.9. The van der Waals surface area contributed by atoms with Gasteiger partial charge in [-0.05, 0) is 18.2 Å². The van der Waals surface area contributed by atoms with Gasteiger partial charge >= 0.3 is 0 Å². The molecule has 1 aliphatic heterocycles. The molecule has 1 saturated heterocycles. The minimum absolute atomic E-state index is 0.0461. The van der Waals surface area contributed by atoms with Gasteiger partial charge in [0, 0.05) is 63.5 Å². The van der Waals surface area contributed by atoms with Crippen LogP contribution in [0.2, 0.25) is 0 Å². The Bertz CT molecular complexity index is 968. The third kappa shape index (κ3) is 3.11. The summed E-state index contributed by atoms with van der Waals surface area (Å²) in [5, 5.41) is 0. The Morgan fingerprint density at radius 2 is 1.68 bits per heavy atom. The first kappa shape index (κ1) is 16.9. The molecule has 8 nitrogen and oxygen atoms in total. The van der Waals surface area contributed by atoms with Crippen LogP contribution in [0.25, 0.3) is 0 Å². The zero-order valence-corrected chi connectivity index (χ0v) is 15.4. The van der Waals surface area contributed by atoms with Crippen molar-refractivity contribution in [1.82, 2.24) is 19.9 Å². The molecule has 2 aliphatic rings. The van der Waals surface area contributed by atoms with Gasteiger partial charge in [0.1, 0.15) is 5.76 Å². The number of carbonyl (C=O) groups excluding carboxylic acids is 1. The van der Waals surface area contributed by atoms with E-state index in [1.807, 2.05) is 18.2 Å². The third-order valence-corrected chi connectivity index (χ3v) is 5.37. The summed E-state index contributed by atoms with van der Waals surface area (Å²) in [7, 11) is 0. The Hall–Kier alpha value is -3.29. The van der Waals surface area contributed by atoms with Crippen molar-refractivity contribution in [3.8, 4) is 0 Å². The quantitative estimate of drug-likeness (QED) is 0.687. The molecule has 1 atom stereocenters. The van der Waals surface area contributed by atoms with E-state index in [0.29, 0.717) is 24.4 Å². The van der Waals surface area contributed by atoms with Gasteiger partial charge in [-0.1, -0.05) is 0 Å². The van der Waals surface area contributed by atoms with E-state index in [4.69, 9.17) is 9.40 Å². The number of Topliss-reactive ketones (excluding diaryl/α,β-unsaturated/α-hetero) is 1. The molecule has 0 radical (unpaired) electrons. The highest BCUT2D eigenvalue weighted by Crippen LogP contribution is 2.32. The van der Waals surface area contributed by atoms with Crippen molar-refractivity contribution >= 4 is 17.7 Å². The molecule has 28 heavy (non-hydrogen) atoms. The number of piperazine rings is 1. The van der Waals surface area contributed by atoms with E-state index < -0.39 is 0 Å². The first-order chi connectivity index (χ1) is 13.8. The molecule has 3 aromatic heterocycles. The predicted molar refractivity (Wildman–Crippen MR) is 103 cm³/mol. The fourth-order valence-electron chi connectivity index (χ4n) is 3.87. The maximum Gasteiger partial charge on any atom is 0.225 e. The van der Waals surface area contributed by atoms with Crippen molar-refractivity contribution in [3.63, 3.8) is 0 Å². The molecule has 4 heterocycles. The van der Waals surface area contributed by atoms with Crippen molar-refractivity contribution in [3.05, 3.63) is 60.1 Å². The molecule has 142 valence electrons. The number of ketones is 1. The second-order valence-corrected chi connectivity index (χ2v) is 7.10. The van der Waals surface area contributed by atoms with Crippen molar-refractivity contribution in [2.75, 3.05) is 36.0 Å². The summed E-state index contributed by atoms with van der Waals surface area (Å²) < 4.78 is 5.51. The Morgan fingerprint density at radius 3 is 2.39 bits per heavy atom. The SMILES string of the molecule is O=C1C[C@@H](c2ccco2)Cc2nc(N3CCN(c4ncccn4)CC3)ncc21. The first-order valence-electron chi connectivity index (χ1n) is 9.47. The lowest BCUT2D eigenvalue weighted by atomic mass is 9.85. The molecule has 0 bridgehead atoms. The van der Waals surface area contributed by atoms with Crippen LogP contribution in [0.5, 0.6) is 0 Å². The zero-order valence-electron chi connectivity index (χ0n) is 15.4. The minimum atomic E-state index is 0.0461. The van der Waals surface area contributed by atoms with Gasteiger partial charge in [-0.3, -0.25) is 4.79 Å². The number of hydrogen-bond acceptors (Lipinski definition) is 8. The molecule has 8 heteroatoms. The van der Waals surface area contributed by atoms with E-state index in [1.54, 1.807) is 24.9 Å². The summed E-state index contributed by atoms with van der Waals surface area (Å²) in [6, 6.07) is 5.60. The van der Waals surface area contributed by atoms with E-state index in [9.17, 15) is 4.79 Å². The fourth-order valence-corrected chi connectivity index (χ4v) is 3.87. The smallest absolute Gasteiger partial charge is 0.225 e. The molecule has 0 amide bonds. The average molecular weight is 376 g/mol. The van der Waals surface area contributed by atoms with Crippen LogP contribution in [0.4, 0.5) is 11.9 Å². The Morgan fingerprint density at radius 1 is 0.929 bits per heavy atom. The van der Waals surface area contributed by atoms with E-state index in [-0.39, 0.29) is 11.7 Å².